The number of sulfonamides is 1. The number of rotatable bonds is 5. The smallest absolute Gasteiger partial charge is 0.236 e. The molecule has 1 saturated heterocycles. The molecule has 118 valence electrons. The van der Waals surface area contributed by atoms with Crippen molar-refractivity contribution in [3.63, 3.8) is 0 Å². The van der Waals surface area contributed by atoms with Crippen molar-refractivity contribution in [1.82, 2.24) is 5.32 Å². The quantitative estimate of drug-likeness (QED) is 0.872. The summed E-state index contributed by atoms with van der Waals surface area (Å²) in [5.74, 6) is 0.190. The van der Waals surface area contributed by atoms with Gasteiger partial charge in [0.05, 0.1) is 11.4 Å². The highest BCUT2D eigenvalue weighted by atomic mass is 32.2. The molecule has 0 aromatic heterocycles. The van der Waals surface area contributed by atoms with Crippen molar-refractivity contribution in [3.05, 3.63) is 23.8 Å². The fourth-order valence-corrected chi connectivity index (χ4v) is 4.66. The van der Waals surface area contributed by atoms with Gasteiger partial charge in [0.2, 0.25) is 10.0 Å². The van der Waals surface area contributed by atoms with Gasteiger partial charge in [0.25, 0.3) is 0 Å². The third kappa shape index (κ3) is 3.89. The molecule has 1 aliphatic heterocycles. The van der Waals surface area contributed by atoms with Crippen LogP contribution in [0, 0.1) is 6.92 Å². The highest BCUT2D eigenvalue weighted by Gasteiger charge is 2.27. The van der Waals surface area contributed by atoms with Crippen molar-refractivity contribution >= 4 is 15.7 Å². The molecule has 21 heavy (non-hydrogen) atoms. The highest BCUT2D eigenvalue weighted by molar-refractivity contribution is 7.92. The monoisotopic (exact) mass is 312 g/mol. The number of hydrogen-bond donors (Lipinski definition) is 2. The maximum atomic E-state index is 12.7. The molecule has 2 rings (SSSR count). The Balaban J connectivity index is 2.24. The van der Waals surface area contributed by atoms with Gasteiger partial charge >= 0.3 is 0 Å². The van der Waals surface area contributed by atoms with Gasteiger partial charge in [-0.3, -0.25) is 4.31 Å². The average molecular weight is 312 g/mol. The zero-order valence-corrected chi connectivity index (χ0v) is 13.5. The van der Waals surface area contributed by atoms with Crippen LogP contribution in [0.15, 0.2) is 18.2 Å². The number of anilines is 1. The predicted octanol–water partition coefficient (Wildman–Crippen LogP) is 2.00. The fraction of sp³-hybridized carbons (Fsp3) is 0.600. The summed E-state index contributed by atoms with van der Waals surface area (Å²) in [7, 11) is -3.40. The minimum absolute atomic E-state index is 0.0235. The van der Waals surface area contributed by atoms with E-state index in [2.05, 4.69) is 5.32 Å². The maximum Gasteiger partial charge on any atom is 0.236 e. The SMILES string of the molecule is CCN(c1cc(O)ccc1C)S(=O)(=O)CC1CCCCN1. The van der Waals surface area contributed by atoms with E-state index in [0.717, 1.165) is 31.4 Å². The lowest BCUT2D eigenvalue weighted by molar-refractivity contribution is 0.423. The third-order valence-electron chi connectivity index (χ3n) is 3.91. The molecule has 1 unspecified atom stereocenters. The lowest BCUT2D eigenvalue weighted by Gasteiger charge is -2.29. The summed E-state index contributed by atoms with van der Waals surface area (Å²) in [5, 5.41) is 12.9. The second-order valence-corrected chi connectivity index (χ2v) is 7.50. The van der Waals surface area contributed by atoms with E-state index in [9.17, 15) is 13.5 Å². The molecule has 0 amide bonds. The Morgan fingerprint density at radius 1 is 1.38 bits per heavy atom. The van der Waals surface area contributed by atoms with Gasteiger partial charge in [0.15, 0.2) is 0 Å². The number of benzene rings is 1. The van der Waals surface area contributed by atoms with Gasteiger partial charge in [-0.2, -0.15) is 0 Å². The van der Waals surface area contributed by atoms with Gasteiger partial charge < -0.3 is 10.4 Å². The van der Waals surface area contributed by atoms with E-state index in [0.29, 0.717) is 12.2 Å². The van der Waals surface area contributed by atoms with Crippen LogP contribution in [0.5, 0.6) is 5.75 Å². The number of piperidine rings is 1. The van der Waals surface area contributed by atoms with E-state index in [1.165, 1.54) is 10.4 Å². The molecule has 1 aliphatic rings. The minimum atomic E-state index is -3.40. The van der Waals surface area contributed by atoms with Crippen molar-refractivity contribution < 1.29 is 13.5 Å². The summed E-state index contributed by atoms with van der Waals surface area (Å²) in [4.78, 5) is 0. The summed E-state index contributed by atoms with van der Waals surface area (Å²) < 4.78 is 26.8. The molecule has 1 fully saturated rings. The summed E-state index contributed by atoms with van der Waals surface area (Å²) in [5.41, 5.74) is 1.41. The zero-order chi connectivity index (χ0) is 15.5. The molecule has 1 atom stereocenters. The van der Waals surface area contributed by atoms with Crippen LogP contribution in [-0.4, -0.2) is 38.4 Å². The van der Waals surface area contributed by atoms with Crippen LogP contribution in [0.2, 0.25) is 0 Å². The van der Waals surface area contributed by atoms with E-state index < -0.39 is 10.0 Å². The lowest BCUT2D eigenvalue weighted by Crippen LogP contribution is -2.44. The van der Waals surface area contributed by atoms with Gasteiger partial charge in [-0.15, -0.1) is 0 Å². The maximum absolute atomic E-state index is 12.7. The van der Waals surface area contributed by atoms with Crippen molar-refractivity contribution in [2.45, 2.75) is 39.2 Å². The number of aromatic hydroxyl groups is 1. The molecular weight excluding hydrogens is 288 g/mol. The predicted molar refractivity (Wildman–Crippen MR) is 85.3 cm³/mol. The van der Waals surface area contributed by atoms with E-state index in [1.807, 2.05) is 13.8 Å². The Hall–Kier alpha value is -1.27. The molecular formula is C15H24N2O3S. The largest absolute Gasteiger partial charge is 0.508 e. The Labute approximate surface area is 127 Å². The van der Waals surface area contributed by atoms with Gasteiger partial charge in [-0.25, -0.2) is 8.42 Å². The Bertz CT molecular complexity index is 581. The van der Waals surface area contributed by atoms with Gasteiger partial charge in [-0.1, -0.05) is 12.5 Å². The first kappa shape index (κ1) is 16.1. The van der Waals surface area contributed by atoms with Crippen LogP contribution in [0.4, 0.5) is 5.69 Å². The molecule has 0 radical (unpaired) electrons. The normalized spacial score (nSPS) is 19.4. The topological polar surface area (TPSA) is 69.6 Å². The van der Waals surface area contributed by atoms with Gasteiger partial charge in [0.1, 0.15) is 5.75 Å². The Kier molecular flexibility index (Phi) is 5.11. The fourth-order valence-electron chi connectivity index (χ4n) is 2.79. The summed E-state index contributed by atoms with van der Waals surface area (Å²) >= 11 is 0. The number of aryl methyl sites for hydroxylation is 1. The zero-order valence-electron chi connectivity index (χ0n) is 12.7. The van der Waals surface area contributed by atoms with Gasteiger partial charge in [0, 0.05) is 18.7 Å². The van der Waals surface area contributed by atoms with Crippen molar-refractivity contribution in [2.75, 3.05) is 23.1 Å². The van der Waals surface area contributed by atoms with E-state index >= 15 is 0 Å². The Morgan fingerprint density at radius 2 is 2.14 bits per heavy atom. The van der Waals surface area contributed by atoms with E-state index in [4.69, 9.17) is 0 Å². The molecule has 5 nitrogen and oxygen atoms in total. The van der Waals surface area contributed by atoms with Gasteiger partial charge in [-0.05, 0) is 44.9 Å². The third-order valence-corrected chi connectivity index (χ3v) is 5.86. The molecule has 1 aromatic carbocycles. The number of hydrogen-bond acceptors (Lipinski definition) is 4. The minimum Gasteiger partial charge on any atom is -0.508 e. The highest BCUT2D eigenvalue weighted by Crippen LogP contribution is 2.27. The van der Waals surface area contributed by atoms with Crippen LogP contribution in [0.3, 0.4) is 0 Å². The van der Waals surface area contributed by atoms with Crippen LogP contribution < -0.4 is 9.62 Å². The van der Waals surface area contributed by atoms with Crippen molar-refractivity contribution in [3.8, 4) is 5.75 Å². The second kappa shape index (κ2) is 6.66. The van der Waals surface area contributed by atoms with Crippen molar-refractivity contribution in [1.29, 1.82) is 0 Å². The van der Waals surface area contributed by atoms with Crippen LogP contribution in [0.25, 0.3) is 0 Å². The molecule has 1 heterocycles. The first-order valence-corrected chi connectivity index (χ1v) is 9.08. The first-order valence-electron chi connectivity index (χ1n) is 7.47. The molecule has 6 heteroatoms. The van der Waals surface area contributed by atoms with E-state index in [-0.39, 0.29) is 17.5 Å². The lowest BCUT2D eigenvalue weighted by atomic mass is 10.1. The average Bonchev–Trinajstić information content (AvgIpc) is 2.43. The summed E-state index contributed by atoms with van der Waals surface area (Å²) in [6.45, 7) is 4.91. The molecule has 0 spiro atoms. The molecule has 0 aliphatic carbocycles. The number of nitrogens with one attached hydrogen (secondary N) is 1. The number of phenols is 1. The second-order valence-electron chi connectivity index (χ2n) is 5.56. The van der Waals surface area contributed by atoms with Crippen LogP contribution in [0.1, 0.15) is 31.7 Å². The summed E-state index contributed by atoms with van der Waals surface area (Å²) in [6, 6.07) is 4.85. The number of nitrogens with zero attached hydrogens (tertiary/aromatic N) is 1. The molecule has 2 N–H and O–H groups in total. The molecule has 0 saturated carbocycles. The summed E-state index contributed by atoms with van der Waals surface area (Å²) in [6.07, 6.45) is 3.08. The Morgan fingerprint density at radius 3 is 2.76 bits per heavy atom. The van der Waals surface area contributed by atoms with Crippen molar-refractivity contribution in [2.24, 2.45) is 0 Å². The molecule has 1 aromatic rings. The van der Waals surface area contributed by atoms with Crippen LogP contribution in [-0.2, 0) is 10.0 Å². The standard InChI is InChI=1S/C15H24N2O3S/c1-3-17(15-10-14(18)8-7-12(15)2)21(19,20)11-13-6-4-5-9-16-13/h7-8,10,13,16,18H,3-6,9,11H2,1-2H3. The number of phenolic OH excluding ortho intramolecular Hbond substituents is 1. The molecule has 0 bridgehead atoms. The first-order chi connectivity index (χ1) is 9.94. The van der Waals surface area contributed by atoms with E-state index in [1.54, 1.807) is 12.1 Å². The van der Waals surface area contributed by atoms with Crippen LogP contribution >= 0.6 is 0 Å².